The molecule has 0 spiro atoms. The van der Waals surface area contributed by atoms with E-state index >= 15 is 0 Å². The third kappa shape index (κ3) is 2.64. The molecule has 1 aromatic carbocycles. The van der Waals surface area contributed by atoms with Crippen molar-refractivity contribution in [3.05, 3.63) is 58.1 Å². The van der Waals surface area contributed by atoms with Gasteiger partial charge in [0.2, 0.25) is 0 Å². The van der Waals surface area contributed by atoms with Crippen LogP contribution in [0.2, 0.25) is 0 Å². The van der Waals surface area contributed by atoms with Gasteiger partial charge in [0, 0.05) is 11.8 Å². The summed E-state index contributed by atoms with van der Waals surface area (Å²) in [5.74, 6) is -1.90. The van der Waals surface area contributed by atoms with Gasteiger partial charge in [0.15, 0.2) is 0 Å². The number of nitrogens with zero attached hydrogens (tertiary/aromatic N) is 2. The Hall–Kier alpha value is -2.42. The Bertz CT molecular complexity index is 965. The lowest BCUT2D eigenvalue weighted by Crippen LogP contribution is -2.15. The Morgan fingerprint density at radius 1 is 1.25 bits per heavy atom. The van der Waals surface area contributed by atoms with Gasteiger partial charge in [-0.1, -0.05) is 6.07 Å². The lowest BCUT2D eigenvalue weighted by atomic mass is 10.1. The largest absolute Gasteiger partial charge is 0.416 e. The minimum atomic E-state index is -4.68. The first-order chi connectivity index (χ1) is 11.2. The SMILES string of the molecule is NC(=O)c1c(-c2cc(C(F)(F)F)cc(Br)c2F)nc2ccccn12. The summed E-state index contributed by atoms with van der Waals surface area (Å²) in [7, 11) is 0. The first kappa shape index (κ1) is 16.4. The van der Waals surface area contributed by atoms with Crippen molar-refractivity contribution >= 4 is 27.5 Å². The number of nitrogens with two attached hydrogens (primary N) is 1. The van der Waals surface area contributed by atoms with E-state index in [1.807, 2.05) is 0 Å². The highest BCUT2D eigenvalue weighted by atomic mass is 79.9. The number of primary amides is 1. The van der Waals surface area contributed by atoms with E-state index in [0.717, 1.165) is 0 Å². The Labute approximate surface area is 141 Å². The van der Waals surface area contributed by atoms with Gasteiger partial charge >= 0.3 is 6.18 Å². The molecule has 0 saturated heterocycles. The van der Waals surface area contributed by atoms with Crippen LogP contribution in [-0.2, 0) is 6.18 Å². The molecule has 3 rings (SSSR count). The van der Waals surface area contributed by atoms with Crippen molar-refractivity contribution in [2.45, 2.75) is 6.18 Å². The molecule has 0 unspecified atom stereocenters. The normalized spacial score (nSPS) is 11.9. The molecule has 1 amide bonds. The van der Waals surface area contributed by atoms with Crippen molar-refractivity contribution in [2.75, 3.05) is 0 Å². The second-order valence-corrected chi connectivity index (χ2v) is 5.77. The summed E-state index contributed by atoms with van der Waals surface area (Å²) < 4.78 is 54.3. The van der Waals surface area contributed by atoms with Crippen LogP contribution in [-0.4, -0.2) is 15.3 Å². The van der Waals surface area contributed by atoms with Crippen LogP contribution in [0.25, 0.3) is 16.9 Å². The molecule has 9 heteroatoms. The Kier molecular flexibility index (Phi) is 3.83. The second-order valence-electron chi connectivity index (χ2n) is 4.92. The molecule has 0 aliphatic heterocycles. The molecule has 2 heterocycles. The van der Waals surface area contributed by atoms with Crippen LogP contribution in [0.3, 0.4) is 0 Å². The lowest BCUT2D eigenvalue weighted by Gasteiger charge is -2.11. The summed E-state index contributed by atoms with van der Waals surface area (Å²) in [6.07, 6.45) is -3.22. The molecule has 24 heavy (non-hydrogen) atoms. The smallest absolute Gasteiger partial charge is 0.364 e. The molecule has 2 N–H and O–H groups in total. The van der Waals surface area contributed by atoms with Gasteiger partial charge in [0.25, 0.3) is 5.91 Å². The monoisotopic (exact) mass is 401 g/mol. The fourth-order valence-electron chi connectivity index (χ4n) is 2.34. The maximum atomic E-state index is 14.4. The number of alkyl halides is 3. The minimum absolute atomic E-state index is 0.198. The molecule has 0 saturated carbocycles. The summed E-state index contributed by atoms with van der Waals surface area (Å²) in [5, 5.41) is 0. The van der Waals surface area contributed by atoms with Crippen LogP contribution in [0.1, 0.15) is 16.1 Å². The molecule has 2 aromatic heterocycles. The molecule has 0 atom stereocenters. The van der Waals surface area contributed by atoms with Gasteiger partial charge < -0.3 is 5.73 Å². The van der Waals surface area contributed by atoms with Gasteiger partial charge in [0.1, 0.15) is 22.9 Å². The van der Waals surface area contributed by atoms with Gasteiger partial charge in [-0.15, -0.1) is 0 Å². The molecular formula is C15H8BrF4N3O. The van der Waals surface area contributed by atoms with E-state index in [1.54, 1.807) is 12.1 Å². The predicted molar refractivity (Wildman–Crippen MR) is 81.8 cm³/mol. The van der Waals surface area contributed by atoms with E-state index in [9.17, 15) is 22.4 Å². The average molecular weight is 402 g/mol. The minimum Gasteiger partial charge on any atom is -0.364 e. The Morgan fingerprint density at radius 2 is 1.96 bits per heavy atom. The van der Waals surface area contributed by atoms with E-state index < -0.39 is 29.0 Å². The third-order valence-corrected chi connectivity index (χ3v) is 3.95. The molecule has 124 valence electrons. The molecule has 0 radical (unpaired) electrons. The highest BCUT2D eigenvalue weighted by molar-refractivity contribution is 9.10. The third-order valence-electron chi connectivity index (χ3n) is 3.37. The zero-order valence-corrected chi connectivity index (χ0v) is 13.3. The average Bonchev–Trinajstić information content (AvgIpc) is 2.88. The van der Waals surface area contributed by atoms with Crippen molar-refractivity contribution in [1.82, 2.24) is 9.38 Å². The highest BCUT2D eigenvalue weighted by Gasteiger charge is 2.33. The number of rotatable bonds is 2. The van der Waals surface area contributed by atoms with Crippen molar-refractivity contribution in [1.29, 1.82) is 0 Å². The van der Waals surface area contributed by atoms with E-state index in [4.69, 9.17) is 5.73 Å². The van der Waals surface area contributed by atoms with E-state index in [0.29, 0.717) is 12.1 Å². The topological polar surface area (TPSA) is 60.4 Å². The maximum absolute atomic E-state index is 14.4. The predicted octanol–water partition coefficient (Wildman–Crippen LogP) is 4.02. The zero-order valence-electron chi connectivity index (χ0n) is 11.7. The summed E-state index contributed by atoms with van der Waals surface area (Å²) >= 11 is 2.77. The van der Waals surface area contributed by atoms with Crippen molar-refractivity contribution in [3.8, 4) is 11.3 Å². The molecule has 0 aliphatic rings. The lowest BCUT2D eigenvalue weighted by molar-refractivity contribution is -0.137. The van der Waals surface area contributed by atoms with Gasteiger partial charge in [-0.3, -0.25) is 9.20 Å². The number of hydrogen-bond acceptors (Lipinski definition) is 2. The molecular weight excluding hydrogens is 394 g/mol. The summed E-state index contributed by atoms with van der Waals surface area (Å²) in [6, 6.07) is 5.96. The number of amides is 1. The van der Waals surface area contributed by atoms with Crippen LogP contribution in [0.5, 0.6) is 0 Å². The summed E-state index contributed by atoms with van der Waals surface area (Å²) in [5.41, 5.74) is 3.59. The number of carbonyl (C=O) groups is 1. The van der Waals surface area contributed by atoms with Crippen molar-refractivity contribution < 1.29 is 22.4 Å². The second kappa shape index (κ2) is 5.59. The molecule has 3 aromatic rings. The molecule has 4 nitrogen and oxygen atoms in total. The standard InChI is InChI=1S/C15H8BrF4N3O/c16-9-6-7(15(18,19)20)5-8(11(9)17)12-13(14(21)24)23-4-2-1-3-10(23)22-12/h1-6H,(H2,21,24). The zero-order chi connectivity index (χ0) is 17.6. The Morgan fingerprint density at radius 3 is 2.58 bits per heavy atom. The number of benzene rings is 1. The number of fused-ring (bicyclic) bond motifs is 1. The molecule has 0 bridgehead atoms. The van der Waals surface area contributed by atoms with Crippen molar-refractivity contribution in [3.63, 3.8) is 0 Å². The van der Waals surface area contributed by atoms with Crippen LogP contribution in [0.4, 0.5) is 17.6 Å². The van der Waals surface area contributed by atoms with Crippen LogP contribution >= 0.6 is 15.9 Å². The number of imidazole rings is 1. The number of halogens is 5. The van der Waals surface area contributed by atoms with Gasteiger partial charge in [-0.2, -0.15) is 13.2 Å². The first-order valence-electron chi connectivity index (χ1n) is 6.53. The molecule has 0 fully saturated rings. The fraction of sp³-hybridized carbons (Fsp3) is 0.0667. The maximum Gasteiger partial charge on any atom is 0.416 e. The quantitative estimate of drug-likeness (QED) is 0.659. The Balaban J connectivity index is 2.38. The van der Waals surface area contributed by atoms with Crippen molar-refractivity contribution in [2.24, 2.45) is 5.73 Å². The highest BCUT2D eigenvalue weighted by Crippen LogP contribution is 2.37. The van der Waals surface area contributed by atoms with Crippen LogP contribution < -0.4 is 5.73 Å². The van der Waals surface area contributed by atoms with Gasteiger partial charge in [-0.25, -0.2) is 9.37 Å². The van der Waals surface area contributed by atoms with E-state index in [1.165, 1.54) is 16.7 Å². The van der Waals surface area contributed by atoms with Gasteiger partial charge in [-0.05, 0) is 40.2 Å². The summed E-state index contributed by atoms with van der Waals surface area (Å²) in [6.45, 7) is 0. The van der Waals surface area contributed by atoms with Gasteiger partial charge in [0.05, 0.1) is 10.0 Å². The van der Waals surface area contributed by atoms with Crippen LogP contribution in [0, 0.1) is 5.82 Å². The van der Waals surface area contributed by atoms with E-state index in [2.05, 4.69) is 20.9 Å². The number of aromatic nitrogens is 2. The van der Waals surface area contributed by atoms with Crippen LogP contribution in [0.15, 0.2) is 41.0 Å². The number of pyridine rings is 1. The molecule has 0 aliphatic carbocycles. The summed E-state index contributed by atoms with van der Waals surface area (Å²) in [4.78, 5) is 15.8. The number of hydrogen-bond donors (Lipinski definition) is 1. The number of carbonyl (C=O) groups excluding carboxylic acids is 1. The van der Waals surface area contributed by atoms with E-state index in [-0.39, 0.29) is 21.5 Å². The fourth-order valence-corrected chi connectivity index (χ4v) is 2.80. The first-order valence-corrected chi connectivity index (χ1v) is 7.33.